The molecule has 0 radical (unpaired) electrons. The number of nitrogens with zero attached hydrogens (tertiary/aromatic N) is 1. The first-order chi connectivity index (χ1) is 8.78. The van der Waals surface area contributed by atoms with Crippen LogP contribution in [-0.4, -0.2) is 12.0 Å². The Bertz CT molecular complexity index is 399. The number of guanidine groups is 1. The first-order valence-electron chi connectivity index (χ1n) is 6.30. The Morgan fingerprint density at radius 1 is 1.39 bits per heavy atom. The number of thiophene rings is 1. The number of hydrazine groups is 1. The van der Waals surface area contributed by atoms with E-state index in [4.69, 9.17) is 17.4 Å². The molecule has 0 aliphatic heterocycles. The Balaban J connectivity index is 1.86. The first kappa shape index (κ1) is 13.6. The van der Waals surface area contributed by atoms with E-state index in [0.29, 0.717) is 18.5 Å². The van der Waals surface area contributed by atoms with Gasteiger partial charge in [0, 0.05) is 10.9 Å². The fourth-order valence-corrected chi connectivity index (χ4v) is 3.18. The molecular weight excluding hydrogens is 268 g/mol. The molecule has 18 heavy (non-hydrogen) atoms. The maximum absolute atomic E-state index is 5.88. The Morgan fingerprint density at radius 3 is 2.78 bits per heavy atom. The van der Waals surface area contributed by atoms with E-state index in [9.17, 15) is 0 Å². The molecule has 1 saturated carbocycles. The number of nitrogens with two attached hydrogens (primary N) is 1. The molecule has 0 amide bonds. The standard InChI is InChI=1S/C12H19ClN4S/c13-11-7-6-10(18-11)8-15-12(17-14)16-9-4-2-1-3-5-9/h6-7,9H,1-5,8,14H2,(H2,15,16,17). The molecule has 1 aromatic rings. The van der Waals surface area contributed by atoms with Crippen molar-refractivity contribution < 1.29 is 0 Å². The molecule has 2 rings (SSSR count). The quantitative estimate of drug-likeness (QED) is 0.346. The first-order valence-corrected chi connectivity index (χ1v) is 7.49. The number of halogens is 1. The van der Waals surface area contributed by atoms with E-state index >= 15 is 0 Å². The van der Waals surface area contributed by atoms with Crippen LogP contribution in [0.2, 0.25) is 4.34 Å². The molecule has 0 bridgehead atoms. The highest BCUT2D eigenvalue weighted by molar-refractivity contribution is 7.16. The molecule has 0 atom stereocenters. The van der Waals surface area contributed by atoms with Crippen molar-refractivity contribution in [3.05, 3.63) is 21.3 Å². The van der Waals surface area contributed by atoms with Gasteiger partial charge in [0.25, 0.3) is 0 Å². The predicted octanol–water partition coefficient (Wildman–Crippen LogP) is 2.64. The summed E-state index contributed by atoms with van der Waals surface area (Å²) in [5.74, 6) is 6.17. The smallest absolute Gasteiger partial charge is 0.206 e. The lowest BCUT2D eigenvalue weighted by Crippen LogP contribution is -2.47. The predicted molar refractivity (Wildman–Crippen MR) is 77.8 cm³/mol. The van der Waals surface area contributed by atoms with E-state index in [1.807, 2.05) is 12.1 Å². The second-order valence-electron chi connectivity index (χ2n) is 4.49. The maximum atomic E-state index is 5.88. The molecule has 4 nitrogen and oxygen atoms in total. The van der Waals surface area contributed by atoms with Gasteiger partial charge in [-0.15, -0.1) is 11.3 Å². The average molecular weight is 287 g/mol. The molecule has 1 aliphatic rings. The van der Waals surface area contributed by atoms with Crippen LogP contribution in [-0.2, 0) is 6.54 Å². The third kappa shape index (κ3) is 4.15. The van der Waals surface area contributed by atoms with Crippen molar-refractivity contribution in [1.82, 2.24) is 10.7 Å². The molecule has 0 saturated heterocycles. The van der Waals surface area contributed by atoms with E-state index in [0.717, 1.165) is 9.21 Å². The molecule has 1 aliphatic carbocycles. The Morgan fingerprint density at radius 2 is 2.17 bits per heavy atom. The fraction of sp³-hybridized carbons (Fsp3) is 0.583. The highest BCUT2D eigenvalue weighted by Gasteiger charge is 2.14. The van der Waals surface area contributed by atoms with Crippen LogP contribution in [0.15, 0.2) is 17.1 Å². The summed E-state index contributed by atoms with van der Waals surface area (Å²) in [7, 11) is 0. The minimum absolute atomic E-state index is 0.500. The van der Waals surface area contributed by atoms with Gasteiger partial charge in [0.15, 0.2) is 0 Å². The zero-order chi connectivity index (χ0) is 12.8. The van der Waals surface area contributed by atoms with Crippen LogP contribution in [0.1, 0.15) is 37.0 Å². The summed E-state index contributed by atoms with van der Waals surface area (Å²) in [5, 5.41) is 3.37. The van der Waals surface area contributed by atoms with Crippen molar-refractivity contribution in [2.45, 2.75) is 44.7 Å². The topological polar surface area (TPSA) is 62.4 Å². The molecule has 0 aromatic carbocycles. The van der Waals surface area contributed by atoms with Crippen LogP contribution in [0.3, 0.4) is 0 Å². The number of rotatable bonds is 3. The largest absolute Gasteiger partial charge is 0.353 e. The third-order valence-corrected chi connectivity index (χ3v) is 4.32. The molecule has 0 unspecified atom stereocenters. The molecule has 1 heterocycles. The van der Waals surface area contributed by atoms with Crippen LogP contribution in [0.5, 0.6) is 0 Å². The second-order valence-corrected chi connectivity index (χ2v) is 6.29. The highest BCUT2D eigenvalue weighted by Crippen LogP contribution is 2.22. The van der Waals surface area contributed by atoms with Gasteiger partial charge in [-0.25, -0.2) is 10.8 Å². The van der Waals surface area contributed by atoms with Crippen molar-refractivity contribution in [2.75, 3.05) is 0 Å². The maximum Gasteiger partial charge on any atom is 0.206 e. The zero-order valence-corrected chi connectivity index (χ0v) is 11.9. The van der Waals surface area contributed by atoms with Gasteiger partial charge < -0.3 is 5.32 Å². The lowest BCUT2D eigenvalue weighted by Gasteiger charge is -2.24. The summed E-state index contributed by atoms with van der Waals surface area (Å²) in [6.45, 7) is 0.608. The molecule has 4 N–H and O–H groups in total. The minimum atomic E-state index is 0.500. The highest BCUT2D eigenvalue weighted by atomic mass is 35.5. The van der Waals surface area contributed by atoms with Gasteiger partial charge in [0.2, 0.25) is 5.96 Å². The van der Waals surface area contributed by atoms with Crippen LogP contribution in [0.25, 0.3) is 0 Å². The average Bonchev–Trinajstić information content (AvgIpc) is 2.81. The van der Waals surface area contributed by atoms with Crippen molar-refractivity contribution in [3.63, 3.8) is 0 Å². The molecule has 0 spiro atoms. The molecule has 100 valence electrons. The second kappa shape index (κ2) is 6.97. The van der Waals surface area contributed by atoms with Crippen LogP contribution < -0.4 is 16.6 Å². The van der Waals surface area contributed by atoms with E-state index in [1.165, 1.54) is 32.1 Å². The molecule has 1 fully saturated rings. The van der Waals surface area contributed by atoms with Gasteiger partial charge in [-0.2, -0.15) is 0 Å². The molecule has 6 heteroatoms. The van der Waals surface area contributed by atoms with E-state index in [2.05, 4.69) is 15.7 Å². The molecular formula is C12H19ClN4S. The Labute approximate surface area is 117 Å². The summed E-state index contributed by atoms with van der Waals surface area (Å²) in [6, 6.07) is 4.38. The van der Waals surface area contributed by atoms with E-state index < -0.39 is 0 Å². The number of hydrogen-bond donors (Lipinski definition) is 3. The monoisotopic (exact) mass is 286 g/mol. The number of nitrogens with one attached hydrogen (secondary N) is 2. The van der Waals surface area contributed by atoms with Crippen molar-refractivity contribution in [1.29, 1.82) is 0 Å². The third-order valence-electron chi connectivity index (χ3n) is 3.10. The fourth-order valence-electron chi connectivity index (χ4n) is 2.17. The number of hydrogen-bond acceptors (Lipinski definition) is 3. The van der Waals surface area contributed by atoms with Gasteiger partial charge in [-0.3, -0.25) is 5.43 Å². The zero-order valence-electron chi connectivity index (χ0n) is 10.3. The summed E-state index contributed by atoms with van der Waals surface area (Å²) in [5.41, 5.74) is 2.64. The van der Waals surface area contributed by atoms with Gasteiger partial charge in [-0.05, 0) is 25.0 Å². The van der Waals surface area contributed by atoms with Crippen molar-refractivity contribution >= 4 is 28.9 Å². The SMILES string of the molecule is NNC(=NCc1ccc(Cl)s1)NC1CCCCC1. The van der Waals surface area contributed by atoms with Gasteiger partial charge in [0.05, 0.1) is 10.9 Å². The van der Waals surface area contributed by atoms with E-state index in [-0.39, 0.29) is 0 Å². The van der Waals surface area contributed by atoms with Gasteiger partial charge in [0.1, 0.15) is 0 Å². The minimum Gasteiger partial charge on any atom is -0.353 e. The van der Waals surface area contributed by atoms with Crippen LogP contribution in [0, 0.1) is 0 Å². The summed E-state index contributed by atoms with van der Waals surface area (Å²) < 4.78 is 0.794. The summed E-state index contributed by atoms with van der Waals surface area (Å²) in [6.07, 6.45) is 6.32. The summed E-state index contributed by atoms with van der Waals surface area (Å²) in [4.78, 5) is 5.58. The summed E-state index contributed by atoms with van der Waals surface area (Å²) >= 11 is 7.43. The van der Waals surface area contributed by atoms with Crippen molar-refractivity contribution in [3.8, 4) is 0 Å². The van der Waals surface area contributed by atoms with Crippen LogP contribution >= 0.6 is 22.9 Å². The lowest BCUT2D eigenvalue weighted by molar-refractivity contribution is 0.410. The number of aliphatic imine (C=N–C) groups is 1. The van der Waals surface area contributed by atoms with Crippen LogP contribution in [0.4, 0.5) is 0 Å². The Hall–Kier alpha value is -0.780. The van der Waals surface area contributed by atoms with Gasteiger partial charge >= 0.3 is 0 Å². The van der Waals surface area contributed by atoms with E-state index in [1.54, 1.807) is 11.3 Å². The normalized spacial score (nSPS) is 17.8. The Kier molecular flexibility index (Phi) is 5.28. The van der Waals surface area contributed by atoms with Crippen molar-refractivity contribution in [2.24, 2.45) is 10.8 Å². The molecule has 1 aromatic heterocycles. The lowest BCUT2D eigenvalue weighted by atomic mass is 9.96. The van der Waals surface area contributed by atoms with Gasteiger partial charge in [-0.1, -0.05) is 30.9 Å².